The summed E-state index contributed by atoms with van der Waals surface area (Å²) in [5, 5.41) is 2.83. The zero-order valence-corrected chi connectivity index (χ0v) is 21.9. The van der Waals surface area contributed by atoms with Gasteiger partial charge >= 0.3 is 12.1 Å². The van der Waals surface area contributed by atoms with Crippen LogP contribution >= 0.6 is 12.2 Å². The molecule has 0 saturated carbocycles. The van der Waals surface area contributed by atoms with Gasteiger partial charge in [-0.25, -0.2) is 9.59 Å². The Balaban J connectivity index is 2.69. The van der Waals surface area contributed by atoms with E-state index in [4.69, 9.17) is 32.4 Å². The number of carbonyl (C=O) groups excluding carboxylic acids is 2. The molecule has 1 aromatic heterocycles. The Morgan fingerprint density at radius 2 is 1.76 bits per heavy atom. The maximum atomic E-state index is 13.2. The van der Waals surface area contributed by atoms with Crippen molar-refractivity contribution in [2.45, 2.75) is 67.0 Å². The number of aromatic nitrogens is 1. The molecule has 34 heavy (non-hydrogen) atoms. The fourth-order valence-corrected chi connectivity index (χ4v) is 3.58. The molecule has 2 aromatic rings. The molecule has 0 aliphatic heterocycles. The van der Waals surface area contributed by atoms with Gasteiger partial charge < -0.3 is 20.5 Å². The number of ether oxygens (including phenoxy) is 2. The van der Waals surface area contributed by atoms with Crippen LogP contribution in [0.1, 0.15) is 67.5 Å². The molecule has 0 spiro atoms. The van der Waals surface area contributed by atoms with Crippen molar-refractivity contribution in [1.82, 2.24) is 10.3 Å². The van der Waals surface area contributed by atoms with Gasteiger partial charge in [0.1, 0.15) is 17.2 Å². The lowest BCUT2D eigenvalue weighted by molar-refractivity contribution is 0.0522. The quantitative estimate of drug-likeness (QED) is 0.399. The summed E-state index contributed by atoms with van der Waals surface area (Å²) in [6, 6.07) is 7.85. The number of nitrogens with two attached hydrogens (primary N) is 1. The van der Waals surface area contributed by atoms with E-state index >= 15 is 0 Å². The number of esters is 1. The summed E-state index contributed by atoms with van der Waals surface area (Å²) < 4.78 is 10.8. The predicted octanol–water partition coefficient (Wildman–Crippen LogP) is 5.03. The summed E-state index contributed by atoms with van der Waals surface area (Å²) in [6.07, 6.45) is 0.129. The minimum atomic E-state index is -0.633. The molecular weight excluding hydrogens is 450 g/mol. The molecule has 184 valence electrons. The number of nitrogens with one attached hydrogen (secondary N) is 1. The van der Waals surface area contributed by atoms with Gasteiger partial charge in [-0.15, -0.1) is 0 Å². The van der Waals surface area contributed by atoms with Crippen LogP contribution in [0.5, 0.6) is 0 Å². The summed E-state index contributed by atoms with van der Waals surface area (Å²) in [7, 11) is 0. The van der Waals surface area contributed by atoms with Gasteiger partial charge in [-0.05, 0) is 52.5 Å². The monoisotopic (exact) mass is 485 g/mol. The second-order valence-corrected chi connectivity index (χ2v) is 10.3. The van der Waals surface area contributed by atoms with Crippen molar-refractivity contribution in [3.05, 3.63) is 52.3 Å². The molecule has 1 heterocycles. The Hall–Kier alpha value is -3.00. The minimum absolute atomic E-state index is 0.0825. The molecule has 0 saturated heterocycles. The number of hydrogen-bond acceptors (Lipinski definition) is 6. The third-order valence-electron chi connectivity index (χ3n) is 4.86. The molecule has 0 fully saturated rings. The number of rotatable bonds is 8. The topological polar surface area (TPSA) is 104 Å². The molecule has 1 amide bonds. The van der Waals surface area contributed by atoms with Crippen molar-refractivity contribution in [2.75, 3.05) is 6.61 Å². The lowest BCUT2D eigenvalue weighted by atomic mass is 9.89. The van der Waals surface area contributed by atoms with Crippen LogP contribution in [0.15, 0.2) is 24.3 Å². The van der Waals surface area contributed by atoms with Gasteiger partial charge in [0.25, 0.3) is 0 Å². The normalized spacial score (nSPS) is 11.3. The van der Waals surface area contributed by atoms with E-state index in [9.17, 15) is 9.59 Å². The lowest BCUT2D eigenvalue weighted by Crippen LogP contribution is -2.33. The summed E-state index contributed by atoms with van der Waals surface area (Å²) in [5.41, 5.74) is 9.92. The predicted molar refractivity (Wildman–Crippen MR) is 138 cm³/mol. The molecule has 3 N–H and O–H groups in total. The molecule has 1 aromatic carbocycles. The van der Waals surface area contributed by atoms with Crippen molar-refractivity contribution in [3.8, 4) is 11.1 Å². The Bertz CT molecular complexity index is 1060. The summed E-state index contributed by atoms with van der Waals surface area (Å²) in [6.45, 7) is 13.4. The van der Waals surface area contributed by atoms with Gasteiger partial charge in [0.2, 0.25) is 0 Å². The van der Waals surface area contributed by atoms with Gasteiger partial charge in [-0.2, -0.15) is 0 Å². The van der Waals surface area contributed by atoms with Gasteiger partial charge in [0, 0.05) is 23.4 Å². The van der Waals surface area contributed by atoms with E-state index < -0.39 is 17.7 Å². The highest BCUT2D eigenvalue weighted by Crippen LogP contribution is 2.33. The van der Waals surface area contributed by atoms with Crippen molar-refractivity contribution in [2.24, 2.45) is 11.7 Å². The van der Waals surface area contributed by atoms with Crippen LogP contribution in [0.3, 0.4) is 0 Å². The number of pyridine rings is 1. The van der Waals surface area contributed by atoms with Crippen LogP contribution in [0.4, 0.5) is 4.79 Å². The highest BCUT2D eigenvalue weighted by molar-refractivity contribution is 7.80. The van der Waals surface area contributed by atoms with Crippen LogP contribution in [-0.4, -0.2) is 34.2 Å². The third kappa shape index (κ3) is 7.80. The lowest BCUT2D eigenvalue weighted by Gasteiger charge is -2.23. The maximum absolute atomic E-state index is 13.2. The highest BCUT2D eigenvalue weighted by Gasteiger charge is 2.26. The maximum Gasteiger partial charge on any atom is 0.407 e. The number of nitrogens with zero attached hydrogens (tertiary/aromatic N) is 1. The van der Waals surface area contributed by atoms with Crippen LogP contribution in [-0.2, 0) is 22.4 Å². The first kappa shape index (κ1) is 27.2. The van der Waals surface area contributed by atoms with Crippen molar-refractivity contribution in [1.29, 1.82) is 0 Å². The molecule has 0 aliphatic rings. The number of benzene rings is 1. The number of aryl methyl sites for hydroxylation is 2. The number of amides is 1. The molecule has 0 radical (unpaired) electrons. The Kier molecular flexibility index (Phi) is 9.15. The van der Waals surface area contributed by atoms with Crippen LogP contribution < -0.4 is 11.1 Å². The first-order chi connectivity index (χ1) is 15.8. The first-order valence-electron chi connectivity index (χ1n) is 11.3. The summed E-state index contributed by atoms with van der Waals surface area (Å²) in [4.78, 5) is 30.4. The number of carbonyl (C=O) groups is 2. The van der Waals surface area contributed by atoms with Crippen LogP contribution in [0, 0.1) is 19.8 Å². The molecule has 2 rings (SSSR count). The smallest absolute Gasteiger partial charge is 0.407 e. The van der Waals surface area contributed by atoms with Crippen LogP contribution in [0.25, 0.3) is 11.1 Å². The summed E-state index contributed by atoms with van der Waals surface area (Å²) in [5.74, 6) is -0.256. The average molecular weight is 486 g/mol. The van der Waals surface area contributed by atoms with Gasteiger partial charge in [-0.1, -0.05) is 55.9 Å². The Morgan fingerprint density at radius 1 is 1.15 bits per heavy atom. The standard InChI is InChI=1S/C26H35N3O4S/c1-15(2)12-20-19(13-28-25(31)33-26(5,6)7)23(18-10-8-16(3)9-11-18)22(17(4)29-20)24(30)32-14-21(27)34/h8-11,15H,12-14H2,1-7H3,(H2,27,34)(H,28,31). The zero-order chi connectivity index (χ0) is 25.6. The molecule has 0 atom stereocenters. The molecule has 0 unspecified atom stereocenters. The molecule has 8 heteroatoms. The highest BCUT2D eigenvalue weighted by atomic mass is 32.1. The van der Waals surface area contributed by atoms with E-state index in [1.807, 2.05) is 31.2 Å². The average Bonchev–Trinajstić information content (AvgIpc) is 2.69. The summed E-state index contributed by atoms with van der Waals surface area (Å²) >= 11 is 4.87. The van der Waals surface area contributed by atoms with Gasteiger partial charge in [0.05, 0.1) is 11.3 Å². The largest absolute Gasteiger partial charge is 0.455 e. The molecule has 0 aliphatic carbocycles. The molecule has 0 bridgehead atoms. The number of hydrogen-bond donors (Lipinski definition) is 2. The van der Waals surface area contributed by atoms with Crippen molar-refractivity contribution >= 4 is 29.3 Å². The van der Waals surface area contributed by atoms with Gasteiger partial charge in [0.15, 0.2) is 0 Å². The minimum Gasteiger partial charge on any atom is -0.455 e. The Morgan fingerprint density at radius 3 is 2.29 bits per heavy atom. The van der Waals surface area contributed by atoms with E-state index in [-0.39, 0.29) is 18.1 Å². The first-order valence-corrected chi connectivity index (χ1v) is 11.7. The van der Waals surface area contributed by atoms with Crippen molar-refractivity contribution < 1.29 is 19.1 Å². The van der Waals surface area contributed by atoms with E-state index in [1.165, 1.54) is 0 Å². The van der Waals surface area contributed by atoms with E-state index in [0.717, 1.165) is 22.4 Å². The SMILES string of the molecule is Cc1ccc(-c2c(CNC(=O)OC(C)(C)C)c(CC(C)C)nc(C)c2C(=O)OCC(N)=S)cc1. The number of alkyl carbamates (subject to hydrolysis) is 1. The molecular formula is C26H35N3O4S. The second kappa shape index (κ2) is 11.4. The van der Waals surface area contributed by atoms with E-state index in [2.05, 4.69) is 19.2 Å². The third-order valence-corrected chi connectivity index (χ3v) is 4.98. The van der Waals surface area contributed by atoms with Crippen LogP contribution in [0.2, 0.25) is 0 Å². The fraction of sp³-hybridized carbons (Fsp3) is 0.462. The van der Waals surface area contributed by atoms with E-state index in [0.29, 0.717) is 29.2 Å². The van der Waals surface area contributed by atoms with Crippen molar-refractivity contribution in [3.63, 3.8) is 0 Å². The second-order valence-electron chi connectivity index (χ2n) is 9.73. The molecule has 7 nitrogen and oxygen atoms in total. The fourth-order valence-electron chi connectivity index (χ4n) is 3.52. The van der Waals surface area contributed by atoms with Gasteiger partial charge in [-0.3, -0.25) is 4.98 Å². The number of thiocarbonyl (C=S) groups is 1. The Labute approximate surface area is 207 Å². The zero-order valence-electron chi connectivity index (χ0n) is 21.1. The van der Waals surface area contributed by atoms with E-state index in [1.54, 1.807) is 27.7 Å².